The van der Waals surface area contributed by atoms with Crippen molar-refractivity contribution in [3.63, 3.8) is 0 Å². The van der Waals surface area contributed by atoms with Gasteiger partial charge in [0.05, 0.1) is 14.2 Å². The van der Waals surface area contributed by atoms with Gasteiger partial charge >= 0.3 is 0 Å². The van der Waals surface area contributed by atoms with Crippen LogP contribution in [0.4, 0.5) is 4.39 Å². The molecule has 21 heavy (non-hydrogen) atoms. The molecule has 2 N–H and O–H groups in total. The van der Waals surface area contributed by atoms with Crippen molar-refractivity contribution in [1.82, 2.24) is 0 Å². The molecule has 0 saturated heterocycles. The highest BCUT2D eigenvalue weighted by Crippen LogP contribution is 2.27. The highest BCUT2D eigenvalue weighted by molar-refractivity contribution is 7.99. The molecule has 1 unspecified atom stereocenters. The summed E-state index contributed by atoms with van der Waals surface area (Å²) >= 11 is 1.62. The summed E-state index contributed by atoms with van der Waals surface area (Å²) in [7, 11) is 3.08. The van der Waals surface area contributed by atoms with Crippen molar-refractivity contribution in [2.24, 2.45) is 5.73 Å². The predicted octanol–water partition coefficient (Wildman–Crippen LogP) is 3.64. The van der Waals surface area contributed by atoms with Gasteiger partial charge in [0.25, 0.3) is 0 Å². The van der Waals surface area contributed by atoms with Crippen LogP contribution in [0, 0.1) is 5.82 Å². The van der Waals surface area contributed by atoms with Gasteiger partial charge in [-0.15, -0.1) is 11.8 Å². The molecule has 0 aliphatic heterocycles. The Labute approximate surface area is 128 Å². The summed E-state index contributed by atoms with van der Waals surface area (Å²) in [6.45, 7) is 0. The zero-order valence-electron chi connectivity index (χ0n) is 12.0. The van der Waals surface area contributed by atoms with Crippen LogP contribution in [-0.4, -0.2) is 20.0 Å². The molecule has 1 atom stereocenters. The van der Waals surface area contributed by atoms with Crippen LogP contribution < -0.4 is 15.2 Å². The van der Waals surface area contributed by atoms with E-state index in [0.717, 1.165) is 16.2 Å². The van der Waals surface area contributed by atoms with Gasteiger partial charge in [-0.3, -0.25) is 0 Å². The zero-order chi connectivity index (χ0) is 15.2. The van der Waals surface area contributed by atoms with Crippen LogP contribution in [0.15, 0.2) is 47.4 Å². The first-order valence-electron chi connectivity index (χ1n) is 6.50. The van der Waals surface area contributed by atoms with Crippen LogP contribution in [0.5, 0.6) is 11.5 Å². The molecule has 0 spiro atoms. The Morgan fingerprint density at radius 2 is 1.81 bits per heavy atom. The van der Waals surface area contributed by atoms with Gasteiger partial charge in [0.2, 0.25) is 0 Å². The van der Waals surface area contributed by atoms with Crippen molar-refractivity contribution >= 4 is 11.8 Å². The third-order valence-electron chi connectivity index (χ3n) is 3.09. The number of halogens is 1. The number of methoxy groups -OCH3 is 2. The molecule has 2 aromatic carbocycles. The Balaban J connectivity index is 1.97. The third kappa shape index (κ3) is 4.12. The molecule has 0 aliphatic carbocycles. The second-order valence-electron chi connectivity index (χ2n) is 4.49. The van der Waals surface area contributed by atoms with Crippen molar-refractivity contribution in [2.45, 2.75) is 10.9 Å². The molecule has 5 heteroatoms. The van der Waals surface area contributed by atoms with Gasteiger partial charge < -0.3 is 15.2 Å². The van der Waals surface area contributed by atoms with Crippen LogP contribution in [0.2, 0.25) is 0 Å². The van der Waals surface area contributed by atoms with Gasteiger partial charge in [-0.05, 0) is 42.0 Å². The average Bonchev–Trinajstić information content (AvgIpc) is 2.53. The molecule has 0 amide bonds. The maximum Gasteiger partial charge on any atom is 0.165 e. The second-order valence-corrected chi connectivity index (χ2v) is 5.58. The molecule has 0 aromatic heterocycles. The van der Waals surface area contributed by atoms with Gasteiger partial charge in [-0.25, -0.2) is 4.39 Å². The molecule has 3 nitrogen and oxygen atoms in total. The lowest BCUT2D eigenvalue weighted by Gasteiger charge is -2.13. The fraction of sp³-hybridized carbons (Fsp3) is 0.250. The molecule has 0 heterocycles. The average molecular weight is 307 g/mol. The summed E-state index contributed by atoms with van der Waals surface area (Å²) in [6.07, 6.45) is 0. The minimum Gasteiger partial charge on any atom is -0.497 e. The number of rotatable bonds is 6. The van der Waals surface area contributed by atoms with Gasteiger partial charge in [-0.2, -0.15) is 0 Å². The SMILES string of the molecule is COc1ccc(SCC(N)c2ccc(OC)c(F)c2)cc1. The maximum atomic E-state index is 13.7. The van der Waals surface area contributed by atoms with E-state index in [9.17, 15) is 4.39 Å². The van der Waals surface area contributed by atoms with E-state index in [1.54, 1.807) is 31.0 Å². The van der Waals surface area contributed by atoms with E-state index in [2.05, 4.69) is 0 Å². The molecule has 112 valence electrons. The number of hydrogen-bond acceptors (Lipinski definition) is 4. The Kier molecular flexibility index (Phi) is 5.47. The first-order chi connectivity index (χ1) is 10.1. The number of hydrogen-bond donors (Lipinski definition) is 1. The van der Waals surface area contributed by atoms with Crippen LogP contribution in [0.1, 0.15) is 11.6 Å². The standard InChI is InChI=1S/C16H18FNO2S/c1-19-12-4-6-13(7-5-12)21-10-15(18)11-3-8-16(20-2)14(17)9-11/h3-9,15H,10,18H2,1-2H3. The minimum absolute atomic E-state index is 0.230. The highest BCUT2D eigenvalue weighted by atomic mass is 32.2. The van der Waals surface area contributed by atoms with Crippen molar-refractivity contribution < 1.29 is 13.9 Å². The predicted molar refractivity (Wildman–Crippen MR) is 83.6 cm³/mol. The number of benzene rings is 2. The van der Waals surface area contributed by atoms with Gasteiger partial charge in [-0.1, -0.05) is 6.07 Å². The van der Waals surface area contributed by atoms with Crippen LogP contribution >= 0.6 is 11.8 Å². The summed E-state index contributed by atoms with van der Waals surface area (Å²) in [5, 5.41) is 0. The molecule has 0 saturated carbocycles. The van der Waals surface area contributed by atoms with E-state index >= 15 is 0 Å². The Morgan fingerprint density at radius 1 is 1.10 bits per heavy atom. The fourth-order valence-corrected chi connectivity index (χ4v) is 2.76. The number of nitrogens with two attached hydrogens (primary N) is 1. The van der Waals surface area contributed by atoms with Crippen LogP contribution in [0.3, 0.4) is 0 Å². The van der Waals surface area contributed by atoms with Crippen LogP contribution in [-0.2, 0) is 0 Å². The first-order valence-corrected chi connectivity index (χ1v) is 7.48. The smallest absolute Gasteiger partial charge is 0.165 e. The number of ether oxygens (including phenoxy) is 2. The van der Waals surface area contributed by atoms with E-state index in [0.29, 0.717) is 5.75 Å². The molecule has 2 rings (SSSR count). The highest BCUT2D eigenvalue weighted by Gasteiger charge is 2.10. The summed E-state index contributed by atoms with van der Waals surface area (Å²) in [6, 6.07) is 12.3. The van der Waals surface area contributed by atoms with E-state index in [-0.39, 0.29) is 17.6 Å². The van der Waals surface area contributed by atoms with Gasteiger partial charge in [0, 0.05) is 16.7 Å². The first kappa shape index (κ1) is 15.7. The third-order valence-corrected chi connectivity index (χ3v) is 4.22. The van der Waals surface area contributed by atoms with Crippen molar-refractivity contribution in [3.8, 4) is 11.5 Å². The van der Waals surface area contributed by atoms with Crippen molar-refractivity contribution in [2.75, 3.05) is 20.0 Å². The Hall–Kier alpha value is -1.72. The van der Waals surface area contributed by atoms with E-state index in [1.165, 1.54) is 13.2 Å². The monoisotopic (exact) mass is 307 g/mol. The molecular formula is C16H18FNO2S. The maximum absolute atomic E-state index is 13.7. The minimum atomic E-state index is -0.389. The Morgan fingerprint density at radius 3 is 2.38 bits per heavy atom. The molecular weight excluding hydrogens is 289 g/mol. The van der Waals surface area contributed by atoms with E-state index in [1.807, 2.05) is 24.3 Å². The molecule has 0 aliphatic rings. The molecule has 0 fully saturated rings. The normalized spacial score (nSPS) is 12.0. The largest absolute Gasteiger partial charge is 0.497 e. The summed E-state index contributed by atoms with van der Waals surface area (Å²) in [5.41, 5.74) is 6.86. The Bertz CT molecular complexity index is 589. The fourth-order valence-electron chi connectivity index (χ4n) is 1.87. The number of thioether (sulfide) groups is 1. The van der Waals surface area contributed by atoms with Crippen LogP contribution in [0.25, 0.3) is 0 Å². The van der Waals surface area contributed by atoms with E-state index in [4.69, 9.17) is 15.2 Å². The second kappa shape index (κ2) is 7.33. The lowest BCUT2D eigenvalue weighted by molar-refractivity contribution is 0.386. The quantitative estimate of drug-likeness (QED) is 0.828. The summed E-state index contributed by atoms with van der Waals surface area (Å²) < 4.78 is 23.7. The lowest BCUT2D eigenvalue weighted by Crippen LogP contribution is -2.13. The molecule has 0 radical (unpaired) electrons. The van der Waals surface area contributed by atoms with Gasteiger partial charge in [0.15, 0.2) is 11.6 Å². The van der Waals surface area contributed by atoms with Crippen molar-refractivity contribution in [3.05, 3.63) is 53.8 Å². The lowest BCUT2D eigenvalue weighted by atomic mass is 10.1. The zero-order valence-corrected chi connectivity index (χ0v) is 12.8. The summed E-state index contributed by atoms with van der Waals surface area (Å²) in [4.78, 5) is 1.10. The van der Waals surface area contributed by atoms with Gasteiger partial charge in [0.1, 0.15) is 5.75 Å². The summed E-state index contributed by atoms with van der Waals surface area (Å²) in [5.74, 6) is 1.33. The molecule has 0 bridgehead atoms. The van der Waals surface area contributed by atoms with Crippen molar-refractivity contribution in [1.29, 1.82) is 0 Å². The topological polar surface area (TPSA) is 44.5 Å². The van der Waals surface area contributed by atoms with E-state index < -0.39 is 0 Å². The molecule has 2 aromatic rings.